The lowest BCUT2D eigenvalue weighted by atomic mass is 10.2. The maximum atomic E-state index is 11.8. The van der Waals surface area contributed by atoms with Gasteiger partial charge in [0.15, 0.2) is 0 Å². The standard InChI is InChI=1S/C13H20N4O/c14-10-11-5-4-6-12(9-11)15-13(18)16-17-7-2-1-3-8-17/h4-6,9H,1-3,7-8,10,14H2,(H2,15,16,18). The molecule has 1 aromatic rings. The van der Waals surface area contributed by atoms with Gasteiger partial charge < -0.3 is 11.1 Å². The van der Waals surface area contributed by atoms with Gasteiger partial charge in [-0.2, -0.15) is 0 Å². The number of urea groups is 1. The monoisotopic (exact) mass is 248 g/mol. The molecule has 1 heterocycles. The smallest absolute Gasteiger partial charge is 0.326 e. The van der Waals surface area contributed by atoms with E-state index in [-0.39, 0.29) is 6.03 Å². The van der Waals surface area contributed by atoms with E-state index in [4.69, 9.17) is 5.73 Å². The molecule has 1 aliphatic heterocycles. The Balaban J connectivity index is 1.85. The van der Waals surface area contributed by atoms with Gasteiger partial charge in [-0.25, -0.2) is 9.80 Å². The van der Waals surface area contributed by atoms with Gasteiger partial charge in [0.1, 0.15) is 0 Å². The molecular weight excluding hydrogens is 228 g/mol. The lowest BCUT2D eigenvalue weighted by Crippen LogP contribution is -2.46. The van der Waals surface area contributed by atoms with Crippen molar-refractivity contribution in [3.63, 3.8) is 0 Å². The summed E-state index contributed by atoms with van der Waals surface area (Å²) in [5.41, 5.74) is 10.2. The number of rotatable bonds is 3. The molecule has 1 saturated heterocycles. The molecular formula is C13H20N4O. The van der Waals surface area contributed by atoms with Gasteiger partial charge in [0.25, 0.3) is 0 Å². The normalized spacial score (nSPS) is 16.3. The molecule has 2 amide bonds. The Labute approximate surface area is 107 Å². The van der Waals surface area contributed by atoms with Crippen molar-refractivity contribution in [1.82, 2.24) is 10.4 Å². The van der Waals surface area contributed by atoms with Crippen molar-refractivity contribution in [3.8, 4) is 0 Å². The molecule has 0 saturated carbocycles. The average molecular weight is 248 g/mol. The summed E-state index contributed by atoms with van der Waals surface area (Å²) in [6, 6.07) is 7.38. The van der Waals surface area contributed by atoms with Crippen molar-refractivity contribution in [2.75, 3.05) is 18.4 Å². The lowest BCUT2D eigenvalue weighted by molar-refractivity contribution is 0.162. The highest BCUT2D eigenvalue weighted by Gasteiger charge is 2.12. The van der Waals surface area contributed by atoms with Crippen molar-refractivity contribution in [2.45, 2.75) is 25.8 Å². The molecule has 0 bridgehead atoms. The summed E-state index contributed by atoms with van der Waals surface area (Å²) in [6.07, 6.45) is 3.53. The van der Waals surface area contributed by atoms with Crippen molar-refractivity contribution in [3.05, 3.63) is 29.8 Å². The Kier molecular flexibility index (Phi) is 4.55. The van der Waals surface area contributed by atoms with Crippen LogP contribution < -0.4 is 16.5 Å². The molecule has 0 aromatic heterocycles. The average Bonchev–Trinajstić information content (AvgIpc) is 2.40. The fourth-order valence-electron chi connectivity index (χ4n) is 2.08. The lowest BCUT2D eigenvalue weighted by Gasteiger charge is -2.26. The number of piperidine rings is 1. The molecule has 0 atom stereocenters. The van der Waals surface area contributed by atoms with E-state index in [2.05, 4.69) is 10.7 Å². The quantitative estimate of drug-likeness (QED) is 0.762. The van der Waals surface area contributed by atoms with E-state index in [0.29, 0.717) is 6.54 Å². The number of amides is 2. The molecule has 18 heavy (non-hydrogen) atoms. The number of benzene rings is 1. The molecule has 0 spiro atoms. The number of nitrogens with two attached hydrogens (primary N) is 1. The Morgan fingerprint density at radius 2 is 2.06 bits per heavy atom. The highest BCUT2D eigenvalue weighted by Crippen LogP contribution is 2.10. The Morgan fingerprint density at radius 1 is 1.28 bits per heavy atom. The summed E-state index contributed by atoms with van der Waals surface area (Å²) < 4.78 is 0. The zero-order valence-corrected chi connectivity index (χ0v) is 10.5. The van der Waals surface area contributed by atoms with Crippen LogP contribution in [0, 0.1) is 0 Å². The fourth-order valence-corrected chi connectivity index (χ4v) is 2.08. The second kappa shape index (κ2) is 6.37. The first-order valence-corrected chi connectivity index (χ1v) is 6.39. The molecule has 5 heteroatoms. The van der Waals surface area contributed by atoms with Crippen LogP contribution in [-0.2, 0) is 6.54 Å². The van der Waals surface area contributed by atoms with E-state index >= 15 is 0 Å². The minimum absolute atomic E-state index is 0.189. The van der Waals surface area contributed by atoms with Gasteiger partial charge in [-0.05, 0) is 30.5 Å². The number of carbonyl (C=O) groups is 1. The Bertz CT molecular complexity index is 402. The summed E-state index contributed by atoms with van der Waals surface area (Å²) >= 11 is 0. The zero-order chi connectivity index (χ0) is 12.8. The first kappa shape index (κ1) is 12.9. The maximum absolute atomic E-state index is 11.8. The third kappa shape index (κ3) is 3.72. The first-order valence-electron chi connectivity index (χ1n) is 6.39. The third-order valence-electron chi connectivity index (χ3n) is 3.04. The number of anilines is 1. The van der Waals surface area contributed by atoms with Crippen molar-refractivity contribution < 1.29 is 4.79 Å². The molecule has 5 nitrogen and oxygen atoms in total. The van der Waals surface area contributed by atoms with Crippen LogP contribution in [-0.4, -0.2) is 24.1 Å². The van der Waals surface area contributed by atoms with E-state index in [9.17, 15) is 4.79 Å². The SMILES string of the molecule is NCc1cccc(NC(=O)NN2CCCCC2)c1. The summed E-state index contributed by atoms with van der Waals surface area (Å²) in [5, 5.41) is 4.78. The van der Waals surface area contributed by atoms with Gasteiger partial charge in [0.05, 0.1) is 0 Å². The number of hydrogen-bond acceptors (Lipinski definition) is 3. The minimum atomic E-state index is -0.189. The fraction of sp³-hybridized carbons (Fsp3) is 0.462. The summed E-state index contributed by atoms with van der Waals surface area (Å²) in [7, 11) is 0. The number of hydrogen-bond donors (Lipinski definition) is 3. The zero-order valence-electron chi connectivity index (χ0n) is 10.5. The van der Waals surface area contributed by atoms with Crippen LogP contribution in [0.4, 0.5) is 10.5 Å². The van der Waals surface area contributed by atoms with Crippen LogP contribution in [0.3, 0.4) is 0 Å². The minimum Gasteiger partial charge on any atom is -0.326 e. The van der Waals surface area contributed by atoms with Crippen molar-refractivity contribution in [1.29, 1.82) is 0 Å². The Hall–Kier alpha value is -1.59. The van der Waals surface area contributed by atoms with Gasteiger partial charge in [-0.1, -0.05) is 18.6 Å². The highest BCUT2D eigenvalue weighted by atomic mass is 16.2. The number of carbonyl (C=O) groups excluding carboxylic acids is 1. The second-order valence-corrected chi connectivity index (χ2v) is 4.52. The summed E-state index contributed by atoms with van der Waals surface area (Å²) in [4.78, 5) is 11.8. The highest BCUT2D eigenvalue weighted by molar-refractivity contribution is 5.88. The van der Waals surface area contributed by atoms with E-state index in [1.54, 1.807) is 0 Å². The molecule has 0 aliphatic carbocycles. The Morgan fingerprint density at radius 3 is 2.78 bits per heavy atom. The van der Waals surface area contributed by atoms with Gasteiger partial charge in [-0.15, -0.1) is 0 Å². The third-order valence-corrected chi connectivity index (χ3v) is 3.04. The van der Waals surface area contributed by atoms with E-state index < -0.39 is 0 Å². The molecule has 0 radical (unpaired) electrons. The molecule has 2 rings (SSSR count). The number of nitrogens with zero attached hydrogens (tertiary/aromatic N) is 1. The molecule has 1 fully saturated rings. The van der Waals surface area contributed by atoms with Crippen molar-refractivity contribution in [2.24, 2.45) is 5.73 Å². The molecule has 0 unspecified atom stereocenters. The molecule has 98 valence electrons. The van der Waals surface area contributed by atoms with Crippen LogP contribution in [0.25, 0.3) is 0 Å². The summed E-state index contributed by atoms with van der Waals surface area (Å²) in [6.45, 7) is 2.33. The van der Waals surface area contributed by atoms with Crippen LogP contribution in [0.5, 0.6) is 0 Å². The van der Waals surface area contributed by atoms with Gasteiger partial charge in [-0.3, -0.25) is 5.43 Å². The van der Waals surface area contributed by atoms with E-state index in [1.807, 2.05) is 29.3 Å². The molecule has 1 aromatic carbocycles. The summed E-state index contributed by atoms with van der Waals surface area (Å²) in [5.74, 6) is 0. The predicted molar refractivity (Wildman–Crippen MR) is 71.9 cm³/mol. The second-order valence-electron chi connectivity index (χ2n) is 4.52. The number of hydrazine groups is 1. The van der Waals surface area contributed by atoms with Crippen LogP contribution >= 0.6 is 0 Å². The molecule has 1 aliphatic rings. The predicted octanol–water partition coefficient (Wildman–Crippen LogP) is 1.67. The van der Waals surface area contributed by atoms with E-state index in [0.717, 1.165) is 37.2 Å². The van der Waals surface area contributed by atoms with Crippen LogP contribution in [0.2, 0.25) is 0 Å². The van der Waals surface area contributed by atoms with E-state index in [1.165, 1.54) is 6.42 Å². The van der Waals surface area contributed by atoms with Gasteiger partial charge in [0.2, 0.25) is 0 Å². The maximum Gasteiger partial charge on any atom is 0.333 e. The first-order chi connectivity index (χ1) is 8.78. The van der Waals surface area contributed by atoms with Crippen LogP contribution in [0.15, 0.2) is 24.3 Å². The number of nitrogens with one attached hydrogen (secondary N) is 2. The largest absolute Gasteiger partial charge is 0.333 e. The van der Waals surface area contributed by atoms with Crippen molar-refractivity contribution >= 4 is 11.7 Å². The van der Waals surface area contributed by atoms with Gasteiger partial charge >= 0.3 is 6.03 Å². The molecule has 4 N–H and O–H groups in total. The van der Waals surface area contributed by atoms with Gasteiger partial charge in [0, 0.05) is 25.3 Å². The topological polar surface area (TPSA) is 70.4 Å². The van der Waals surface area contributed by atoms with Crippen LogP contribution in [0.1, 0.15) is 24.8 Å².